The van der Waals surface area contributed by atoms with Crippen LogP contribution >= 0.6 is 0 Å². The SMILES string of the molecule is Cc1occc1C(=O)C(C#N)C#N. The Bertz CT molecular complexity index is 392. The molecule has 0 aliphatic rings. The Balaban J connectivity index is 3.01. The Labute approximate surface area is 75.0 Å². The largest absolute Gasteiger partial charge is 0.469 e. The van der Waals surface area contributed by atoms with Crippen molar-refractivity contribution in [2.24, 2.45) is 5.92 Å². The lowest BCUT2D eigenvalue weighted by Crippen LogP contribution is -2.10. The number of furan rings is 1. The van der Waals surface area contributed by atoms with E-state index in [1.54, 1.807) is 19.1 Å². The normalized spacial score (nSPS) is 9.23. The molecule has 0 spiro atoms. The molecule has 0 radical (unpaired) electrons. The maximum absolute atomic E-state index is 11.4. The van der Waals surface area contributed by atoms with Crippen LogP contribution in [-0.2, 0) is 0 Å². The van der Waals surface area contributed by atoms with E-state index in [0.717, 1.165) is 0 Å². The summed E-state index contributed by atoms with van der Waals surface area (Å²) in [6.45, 7) is 1.61. The van der Waals surface area contributed by atoms with E-state index in [-0.39, 0.29) is 0 Å². The van der Waals surface area contributed by atoms with Gasteiger partial charge in [-0.15, -0.1) is 0 Å². The molecule has 0 bridgehead atoms. The Hall–Kier alpha value is -2.07. The summed E-state index contributed by atoms with van der Waals surface area (Å²) in [6, 6.07) is 4.69. The fraction of sp³-hybridized carbons (Fsp3) is 0.222. The van der Waals surface area contributed by atoms with Crippen LogP contribution in [0.3, 0.4) is 0 Å². The van der Waals surface area contributed by atoms with Gasteiger partial charge in [-0.2, -0.15) is 10.5 Å². The van der Waals surface area contributed by atoms with Crippen molar-refractivity contribution in [2.75, 3.05) is 0 Å². The van der Waals surface area contributed by atoms with E-state index in [0.29, 0.717) is 11.3 Å². The molecule has 0 aromatic carbocycles. The van der Waals surface area contributed by atoms with Crippen molar-refractivity contribution in [3.63, 3.8) is 0 Å². The van der Waals surface area contributed by atoms with Crippen LogP contribution in [0.5, 0.6) is 0 Å². The van der Waals surface area contributed by atoms with E-state index in [2.05, 4.69) is 0 Å². The smallest absolute Gasteiger partial charge is 0.197 e. The molecule has 0 unspecified atom stereocenters. The summed E-state index contributed by atoms with van der Waals surface area (Å²) in [5.41, 5.74) is 0.299. The summed E-state index contributed by atoms with van der Waals surface area (Å²) < 4.78 is 4.89. The molecule has 0 saturated carbocycles. The summed E-state index contributed by atoms with van der Waals surface area (Å²) in [7, 11) is 0. The highest BCUT2D eigenvalue weighted by atomic mass is 16.3. The van der Waals surface area contributed by atoms with Crippen LogP contribution in [0.1, 0.15) is 16.1 Å². The topological polar surface area (TPSA) is 77.8 Å². The van der Waals surface area contributed by atoms with E-state index in [4.69, 9.17) is 14.9 Å². The predicted molar refractivity (Wildman–Crippen MR) is 42.5 cm³/mol. The van der Waals surface area contributed by atoms with Crippen molar-refractivity contribution in [1.82, 2.24) is 0 Å². The molecule has 13 heavy (non-hydrogen) atoms. The van der Waals surface area contributed by atoms with Crippen molar-refractivity contribution in [3.05, 3.63) is 23.7 Å². The van der Waals surface area contributed by atoms with E-state index in [1.165, 1.54) is 12.3 Å². The number of nitriles is 2. The number of Topliss-reactive ketones (excluding diaryl/α,β-unsaturated/α-hetero) is 1. The van der Waals surface area contributed by atoms with Gasteiger partial charge in [0.1, 0.15) is 5.76 Å². The Morgan fingerprint density at radius 3 is 2.54 bits per heavy atom. The van der Waals surface area contributed by atoms with E-state index in [9.17, 15) is 4.79 Å². The number of hydrogen-bond acceptors (Lipinski definition) is 4. The molecule has 0 atom stereocenters. The molecule has 0 amide bonds. The molecule has 0 aliphatic heterocycles. The Morgan fingerprint density at radius 1 is 1.54 bits per heavy atom. The molecule has 1 rings (SSSR count). The fourth-order valence-corrected chi connectivity index (χ4v) is 0.942. The molecule has 4 nitrogen and oxygen atoms in total. The predicted octanol–water partition coefficient (Wildman–Crippen LogP) is 1.43. The van der Waals surface area contributed by atoms with E-state index >= 15 is 0 Å². The third kappa shape index (κ3) is 1.57. The molecule has 0 aliphatic carbocycles. The van der Waals surface area contributed by atoms with Gasteiger partial charge in [-0.05, 0) is 13.0 Å². The van der Waals surface area contributed by atoms with Crippen molar-refractivity contribution in [2.45, 2.75) is 6.92 Å². The second kappa shape index (κ2) is 3.55. The number of hydrogen-bond donors (Lipinski definition) is 0. The Morgan fingerprint density at radius 2 is 2.15 bits per heavy atom. The molecule has 1 aromatic heterocycles. The van der Waals surface area contributed by atoms with Crippen molar-refractivity contribution < 1.29 is 9.21 Å². The first-order valence-corrected chi connectivity index (χ1v) is 3.58. The third-order valence-electron chi connectivity index (χ3n) is 1.64. The standard InChI is InChI=1S/C9H6N2O2/c1-6-8(2-3-13-6)9(12)7(4-10)5-11/h2-3,7H,1H3. The molecule has 0 fully saturated rings. The lowest BCUT2D eigenvalue weighted by Gasteiger charge is -1.96. The highest BCUT2D eigenvalue weighted by Gasteiger charge is 2.21. The van der Waals surface area contributed by atoms with E-state index in [1.807, 2.05) is 0 Å². The number of aryl methyl sites for hydroxylation is 1. The zero-order valence-corrected chi connectivity index (χ0v) is 6.94. The van der Waals surface area contributed by atoms with Crippen LogP contribution < -0.4 is 0 Å². The molecule has 4 heteroatoms. The maximum atomic E-state index is 11.4. The first kappa shape index (κ1) is 9.02. The van der Waals surface area contributed by atoms with Crippen LogP contribution in [-0.4, -0.2) is 5.78 Å². The summed E-state index contributed by atoms with van der Waals surface area (Å²) in [6.07, 6.45) is 1.36. The zero-order valence-electron chi connectivity index (χ0n) is 6.94. The van der Waals surface area contributed by atoms with Crippen LogP contribution in [0, 0.1) is 35.5 Å². The van der Waals surface area contributed by atoms with Gasteiger partial charge in [-0.1, -0.05) is 0 Å². The van der Waals surface area contributed by atoms with Gasteiger partial charge in [0.15, 0.2) is 11.7 Å². The molecular weight excluding hydrogens is 168 g/mol. The van der Waals surface area contributed by atoms with Gasteiger partial charge in [0.2, 0.25) is 0 Å². The number of nitrogens with zero attached hydrogens (tertiary/aromatic N) is 2. The van der Waals surface area contributed by atoms with Gasteiger partial charge in [-0.25, -0.2) is 0 Å². The average molecular weight is 174 g/mol. The summed E-state index contributed by atoms with van der Waals surface area (Å²) in [4.78, 5) is 11.4. The minimum Gasteiger partial charge on any atom is -0.469 e. The second-order valence-electron chi connectivity index (χ2n) is 2.45. The lowest BCUT2D eigenvalue weighted by molar-refractivity contribution is 0.0969. The van der Waals surface area contributed by atoms with Gasteiger partial charge in [0.25, 0.3) is 0 Å². The molecular formula is C9H6N2O2. The molecule has 0 saturated heterocycles. The van der Waals surface area contributed by atoms with Crippen molar-refractivity contribution in [3.8, 4) is 12.1 Å². The molecule has 1 aromatic rings. The van der Waals surface area contributed by atoms with Crippen molar-refractivity contribution in [1.29, 1.82) is 10.5 Å². The number of ketones is 1. The van der Waals surface area contributed by atoms with Crippen LogP contribution in [0.25, 0.3) is 0 Å². The van der Waals surface area contributed by atoms with Crippen LogP contribution in [0.4, 0.5) is 0 Å². The molecule has 64 valence electrons. The van der Waals surface area contributed by atoms with Crippen LogP contribution in [0.2, 0.25) is 0 Å². The highest BCUT2D eigenvalue weighted by molar-refractivity contribution is 6.01. The van der Waals surface area contributed by atoms with Crippen LogP contribution in [0.15, 0.2) is 16.7 Å². The summed E-state index contributed by atoms with van der Waals surface area (Å²) >= 11 is 0. The van der Waals surface area contributed by atoms with Gasteiger partial charge >= 0.3 is 0 Å². The van der Waals surface area contributed by atoms with Gasteiger partial charge in [-0.3, -0.25) is 4.79 Å². The van der Waals surface area contributed by atoms with Gasteiger partial charge in [0.05, 0.1) is 24.0 Å². The number of carbonyl (C=O) groups is 1. The van der Waals surface area contributed by atoms with E-state index < -0.39 is 11.7 Å². The average Bonchev–Trinajstić information content (AvgIpc) is 2.53. The number of carbonyl (C=O) groups excluding carboxylic acids is 1. The number of rotatable bonds is 2. The maximum Gasteiger partial charge on any atom is 0.197 e. The lowest BCUT2D eigenvalue weighted by atomic mass is 10.0. The van der Waals surface area contributed by atoms with Gasteiger partial charge < -0.3 is 4.42 Å². The molecule has 0 N–H and O–H groups in total. The Kier molecular flexibility index (Phi) is 2.47. The van der Waals surface area contributed by atoms with Gasteiger partial charge in [0, 0.05) is 0 Å². The minimum atomic E-state index is -1.24. The summed E-state index contributed by atoms with van der Waals surface area (Å²) in [5, 5.41) is 16.9. The molecule has 1 heterocycles. The highest BCUT2D eigenvalue weighted by Crippen LogP contribution is 2.13. The fourth-order valence-electron chi connectivity index (χ4n) is 0.942. The first-order chi connectivity index (χ1) is 6.20. The third-order valence-corrected chi connectivity index (χ3v) is 1.64. The monoisotopic (exact) mass is 174 g/mol. The van der Waals surface area contributed by atoms with Crippen molar-refractivity contribution >= 4 is 5.78 Å². The minimum absolute atomic E-state index is 0.299. The first-order valence-electron chi connectivity index (χ1n) is 3.58. The zero-order chi connectivity index (χ0) is 9.84. The summed E-state index contributed by atoms with van der Waals surface area (Å²) in [5.74, 6) is -1.31. The second-order valence-corrected chi connectivity index (χ2v) is 2.45. The quantitative estimate of drug-likeness (QED) is 0.635.